The Hall–Kier alpha value is -1.42. The van der Waals surface area contributed by atoms with E-state index in [4.69, 9.17) is 11.6 Å². The van der Waals surface area contributed by atoms with E-state index >= 15 is 0 Å². The standard InChI is InChI=1S/C8H6ClNO3/c1-13-8(11)5-2-3-6(9)7(4-5)10-12/h2-4H,1H3. The van der Waals surface area contributed by atoms with Crippen molar-refractivity contribution in [3.8, 4) is 0 Å². The lowest BCUT2D eigenvalue weighted by Gasteiger charge is -1.99. The molecule has 1 aromatic rings. The lowest BCUT2D eigenvalue weighted by molar-refractivity contribution is 0.0601. The second kappa shape index (κ2) is 4.00. The molecule has 4 nitrogen and oxygen atoms in total. The van der Waals surface area contributed by atoms with Gasteiger partial charge in [-0.25, -0.2) is 4.79 Å². The number of benzene rings is 1. The number of nitrogens with zero attached hydrogens (tertiary/aromatic N) is 1. The molecule has 0 unspecified atom stereocenters. The molecule has 0 N–H and O–H groups in total. The Labute approximate surface area is 79.4 Å². The van der Waals surface area contributed by atoms with Gasteiger partial charge in [-0.3, -0.25) is 0 Å². The molecule has 1 aromatic carbocycles. The van der Waals surface area contributed by atoms with Gasteiger partial charge in [0.2, 0.25) is 0 Å². The van der Waals surface area contributed by atoms with Gasteiger partial charge in [0.1, 0.15) is 5.69 Å². The van der Waals surface area contributed by atoms with E-state index in [0.29, 0.717) is 0 Å². The van der Waals surface area contributed by atoms with Crippen LogP contribution in [0.3, 0.4) is 0 Å². The Morgan fingerprint density at radius 2 is 2.23 bits per heavy atom. The van der Waals surface area contributed by atoms with Crippen molar-refractivity contribution in [3.05, 3.63) is 33.7 Å². The van der Waals surface area contributed by atoms with Crippen LogP contribution in [0.25, 0.3) is 0 Å². The highest BCUT2D eigenvalue weighted by Crippen LogP contribution is 2.25. The smallest absolute Gasteiger partial charge is 0.337 e. The molecule has 0 heterocycles. The fourth-order valence-electron chi connectivity index (χ4n) is 0.827. The predicted molar refractivity (Wildman–Crippen MR) is 48.2 cm³/mol. The van der Waals surface area contributed by atoms with Crippen molar-refractivity contribution in [2.24, 2.45) is 5.18 Å². The molecule has 0 saturated carbocycles. The number of hydrogen-bond acceptors (Lipinski definition) is 4. The molecule has 0 atom stereocenters. The summed E-state index contributed by atoms with van der Waals surface area (Å²) in [6.07, 6.45) is 0. The predicted octanol–water partition coefficient (Wildman–Crippen LogP) is 2.52. The number of ether oxygens (including phenoxy) is 1. The third-order valence-electron chi connectivity index (χ3n) is 1.47. The molecular formula is C8H6ClNO3. The Morgan fingerprint density at radius 1 is 1.54 bits per heavy atom. The van der Waals surface area contributed by atoms with Crippen LogP contribution in [0.1, 0.15) is 10.4 Å². The maximum absolute atomic E-state index is 11.0. The first-order valence-corrected chi connectivity index (χ1v) is 3.78. The molecule has 5 heteroatoms. The normalized spacial score (nSPS) is 9.38. The maximum Gasteiger partial charge on any atom is 0.337 e. The van der Waals surface area contributed by atoms with E-state index in [0.717, 1.165) is 0 Å². The molecule has 1 rings (SSSR count). The molecular weight excluding hydrogens is 194 g/mol. The average molecular weight is 200 g/mol. The summed E-state index contributed by atoms with van der Waals surface area (Å²) >= 11 is 5.60. The molecule has 0 amide bonds. The number of halogens is 1. The van der Waals surface area contributed by atoms with Crippen molar-refractivity contribution in [1.29, 1.82) is 0 Å². The summed E-state index contributed by atoms with van der Waals surface area (Å²) in [6, 6.07) is 4.16. The van der Waals surface area contributed by atoms with Crippen LogP contribution in [0, 0.1) is 4.91 Å². The zero-order valence-electron chi connectivity index (χ0n) is 6.78. The quantitative estimate of drug-likeness (QED) is 0.543. The van der Waals surface area contributed by atoms with E-state index in [1.54, 1.807) is 0 Å². The topological polar surface area (TPSA) is 55.7 Å². The van der Waals surface area contributed by atoms with Crippen molar-refractivity contribution >= 4 is 23.3 Å². The Bertz CT molecular complexity index is 351. The third kappa shape index (κ3) is 2.03. The van der Waals surface area contributed by atoms with Gasteiger partial charge < -0.3 is 4.74 Å². The lowest BCUT2D eigenvalue weighted by atomic mass is 10.2. The summed E-state index contributed by atoms with van der Waals surface area (Å²) in [5.74, 6) is -0.526. The minimum absolute atomic E-state index is 0.0320. The molecule has 0 spiro atoms. The first kappa shape index (κ1) is 9.67. The van der Waals surface area contributed by atoms with Crippen LogP contribution < -0.4 is 0 Å². The van der Waals surface area contributed by atoms with E-state index in [2.05, 4.69) is 9.91 Å². The number of methoxy groups -OCH3 is 1. The van der Waals surface area contributed by atoms with Gasteiger partial charge in [-0.1, -0.05) is 11.6 Å². The van der Waals surface area contributed by atoms with Gasteiger partial charge in [0, 0.05) is 0 Å². The van der Waals surface area contributed by atoms with Gasteiger partial charge in [-0.15, -0.1) is 4.91 Å². The zero-order valence-corrected chi connectivity index (χ0v) is 7.54. The Kier molecular flexibility index (Phi) is 2.97. The van der Waals surface area contributed by atoms with Gasteiger partial charge in [0.05, 0.1) is 17.7 Å². The summed E-state index contributed by atoms with van der Waals surface area (Å²) < 4.78 is 4.45. The van der Waals surface area contributed by atoms with Crippen LogP contribution in [0.2, 0.25) is 5.02 Å². The molecule has 0 aliphatic rings. The number of esters is 1. The second-order valence-corrected chi connectivity index (χ2v) is 2.66. The first-order chi connectivity index (χ1) is 6.19. The van der Waals surface area contributed by atoms with E-state index in [1.165, 1.54) is 25.3 Å². The minimum atomic E-state index is -0.526. The van der Waals surface area contributed by atoms with Crippen LogP contribution in [0.4, 0.5) is 5.69 Å². The monoisotopic (exact) mass is 199 g/mol. The van der Waals surface area contributed by atoms with Gasteiger partial charge in [0.15, 0.2) is 0 Å². The summed E-state index contributed by atoms with van der Waals surface area (Å²) in [6.45, 7) is 0. The van der Waals surface area contributed by atoms with Crippen molar-refractivity contribution in [2.75, 3.05) is 7.11 Å². The SMILES string of the molecule is COC(=O)c1ccc(Cl)c(N=O)c1. The van der Waals surface area contributed by atoms with E-state index < -0.39 is 5.97 Å². The van der Waals surface area contributed by atoms with Crippen LogP contribution in [0.5, 0.6) is 0 Å². The number of hydrogen-bond donors (Lipinski definition) is 0. The van der Waals surface area contributed by atoms with Crippen molar-refractivity contribution in [1.82, 2.24) is 0 Å². The molecule has 0 radical (unpaired) electrons. The van der Waals surface area contributed by atoms with Crippen molar-refractivity contribution in [2.45, 2.75) is 0 Å². The highest BCUT2D eigenvalue weighted by Gasteiger charge is 2.08. The van der Waals surface area contributed by atoms with Crippen LogP contribution >= 0.6 is 11.6 Å². The van der Waals surface area contributed by atoms with Gasteiger partial charge >= 0.3 is 5.97 Å². The molecule has 0 bridgehead atoms. The highest BCUT2D eigenvalue weighted by molar-refractivity contribution is 6.33. The average Bonchev–Trinajstić information content (AvgIpc) is 2.17. The van der Waals surface area contributed by atoms with E-state index in [-0.39, 0.29) is 16.3 Å². The van der Waals surface area contributed by atoms with Crippen LogP contribution in [-0.2, 0) is 4.74 Å². The van der Waals surface area contributed by atoms with Gasteiger partial charge in [-0.05, 0) is 23.4 Å². The molecule has 0 aromatic heterocycles. The molecule has 0 saturated heterocycles. The fourth-order valence-corrected chi connectivity index (χ4v) is 0.979. The minimum Gasteiger partial charge on any atom is -0.465 e. The molecule has 0 aliphatic heterocycles. The number of rotatable bonds is 2. The first-order valence-electron chi connectivity index (χ1n) is 3.40. The van der Waals surface area contributed by atoms with Crippen molar-refractivity contribution in [3.63, 3.8) is 0 Å². The Morgan fingerprint density at radius 3 is 2.77 bits per heavy atom. The molecule has 13 heavy (non-hydrogen) atoms. The second-order valence-electron chi connectivity index (χ2n) is 2.25. The van der Waals surface area contributed by atoms with Crippen LogP contribution in [0.15, 0.2) is 23.4 Å². The highest BCUT2D eigenvalue weighted by atomic mass is 35.5. The molecule has 0 fully saturated rings. The van der Waals surface area contributed by atoms with Crippen molar-refractivity contribution < 1.29 is 9.53 Å². The Balaban J connectivity index is 3.13. The van der Waals surface area contributed by atoms with E-state index in [9.17, 15) is 9.70 Å². The molecule has 0 aliphatic carbocycles. The van der Waals surface area contributed by atoms with Crippen LogP contribution in [-0.4, -0.2) is 13.1 Å². The zero-order chi connectivity index (χ0) is 9.84. The maximum atomic E-state index is 11.0. The summed E-state index contributed by atoms with van der Waals surface area (Å²) in [5.41, 5.74) is 0.283. The van der Waals surface area contributed by atoms with Gasteiger partial charge in [-0.2, -0.15) is 0 Å². The number of carbonyl (C=O) groups is 1. The fraction of sp³-hybridized carbons (Fsp3) is 0.125. The number of carbonyl (C=O) groups excluding carboxylic acids is 1. The summed E-state index contributed by atoms with van der Waals surface area (Å²) in [5, 5.41) is 2.87. The summed E-state index contributed by atoms with van der Waals surface area (Å²) in [4.78, 5) is 21.2. The summed E-state index contributed by atoms with van der Waals surface area (Å²) in [7, 11) is 1.25. The van der Waals surface area contributed by atoms with Gasteiger partial charge in [0.25, 0.3) is 0 Å². The van der Waals surface area contributed by atoms with E-state index in [1.807, 2.05) is 0 Å². The number of nitroso groups, excluding NO2 is 1. The third-order valence-corrected chi connectivity index (χ3v) is 1.79. The lowest BCUT2D eigenvalue weighted by Crippen LogP contribution is -2.00. The largest absolute Gasteiger partial charge is 0.465 e. The molecule has 68 valence electrons.